The number of aromatic nitrogens is 2. The zero-order valence-electron chi connectivity index (χ0n) is 9.83. The van der Waals surface area contributed by atoms with E-state index >= 15 is 0 Å². The predicted octanol–water partition coefficient (Wildman–Crippen LogP) is 0.953. The van der Waals surface area contributed by atoms with Crippen molar-refractivity contribution in [3.63, 3.8) is 0 Å². The Kier molecular flexibility index (Phi) is 3.67. The molecule has 0 radical (unpaired) electrons. The number of carbonyl (C=O) groups is 1. The van der Waals surface area contributed by atoms with Gasteiger partial charge in [-0.25, -0.2) is 0 Å². The van der Waals surface area contributed by atoms with Crippen LogP contribution >= 0.6 is 12.2 Å². The number of nitrogens with one attached hydrogen (secondary N) is 1. The van der Waals surface area contributed by atoms with Gasteiger partial charge in [-0.1, -0.05) is 12.2 Å². The second-order valence-corrected chi connectivity index (χ2v) is 4.16. The number of nitrogens with zero attached hydrogens (tertiary/aromatic N) is 2. The minimum absolute atomic E-state index is 0.228. The van der Waals surface area contributed by atoms with Crippen molar-refractivity contribution in [2.75, 3.05) is 5.32 Å². The van der Waals surface area contributed by atoms with Crippen molar-refractivity contribution in [3.8, 4) is 0 Å². The van der Waals surface area contributed by atoms with Crippen LogP contribution in [0.4, 0.5) is 11.5 Å². The molecule has 0 unspecified atom stereocenters. The van der Waals surface area contributed by atoms with E-state index in [1.807, 2.05) is 0 Å². The Morgan fingerprint density at radius 3 is 2.42 bits per heavy atom. The van der Waals surface area contributed by atoms with Gasteiger partial charge in [0, 0.05) is 11.3 Å². The standard InChI is InChI=1S/C12H11N5OS/c13-10(18)7-1-3-8(4-2-7)16-12-9(11(14)19)5-6-15-17-12/h1-6H,(H2,13,18)(H2,14,19)(H,16,17). The van der Waals surface area contributed by atoms with Crippen LogP contribution in [0.5, 0.6) is 0 Å². The first-order valence-corrected chi connectivity index (χ1v) is 5.77. The van der Waals surface area contributed by atoms with E-state index in [4.69, 9.17) is 23.7 Å². The average Bonchev–Trinajstić information content (AvgIpc) is 2.39. The van der Waals surface area contributed by atoms with E-state index in [-0.39, 0.29) is 4.99 Å². The van der Waals surface area contributed by atoms with E-state index in [1.54, 1.807) is 30.3 Å². The summed E-state index contributed by atoms with van der Waals surface area (Å²) in [5.74, 6) is -0.0169. The molecule has 0 aliphatic heterocycles. The zero-order valence-corrected chi connectivity index (χ0v) is 10.6. The molecule has 6 nitrogen and oxygen atoms in total. The van der Waals surface area contributed by atoms with Gasteiger partial charge in [-0.2, -0.15) is 5.10 Å². The largest absolute Gasteiger partial charge is 0.389 e. The molecular formula is C12H11N5OS. The molecule has 0 aliphatic rings. The molecule has 0 saturated carbocycles. The SMILES string of the molecule is NC(=O)c1ccc(Nc2nnccc2C(N)=S)cc1. The molecular weight excluding hydrogens is 262 g/mol. The van der Waals surface area contributed by atoms with E-state index in [9.17, 15) is 4.79 Å². The van der Waals surface area contributed by atoms with Gasteiger partial charge in [0.25, 0.3) is 0 Å². The van der Waals surface area contributed by atoms with Gasteiger partial charge >= 0.3 is 0 Å². The van der Waals surface area contributed by atoms with Gasteiger partial charge in [-0.05, 0) is 30.3 Å². The number of rotatable bonds is 4. The Hall–Kier alpha value is -2.54. The second-order valence-electron chi connectivity index (χ2n) is 3.72. The van der Waals surface area contributed by atoms with Gasteiger partial charge in [0.1, 0.15) is 4.99 Å². The first-order chi connectivity index (χ1) is 9.08. The highest BCUT2D eigenvalue weighted by Gasteiger charge is 2.07. The molecule has 96 valence electrons. The number of thiocarbonyl (C=S) groups is 1. The average molecular weight is 273 g/mol. The Labute approximate surface area is 114 Å². The van der Waals surface area contributed by atoms with Crippen molar-refractivity contribution in [2.45, 2.75) is 0 Å². The highest BCUT2D eigenvalue weighted by atomic mass is 32.1. The van der Waals surface area contributed by atoms with Crippen LogP contribution in [0, 0.1) is 0 Å². The van der Waals surface area contributed by atoms with Crippen LogP contribution < -0.4 is 16.8 Å². The smallest absolute Gasteiger partial charge is 0.248 e. The Morgan fingerprint density at radius 1 is 1.16 bits per heavy atom. The molecule has 19 heavy (non-hydrogen) atoms. The van der Waals surface area contributed by atoms with Gasteiger partial charge in [-0.15, -0.1) is 5.10 Å². The van der Waals surface area contributed by atoms with Crippen LogP contribution in [0.25, 0.3) is 0 Å². The van der Waals surface area contributed by atoms with Gasteiger partial charge < -0.3 is 16.8 Å². The van der Waals surface area contributed by atoms with Gasteiger partial charge in [0.15, 0.2) is 5.82 Å². The van der Waals surface area contributed by atoms with E-state index in [0.29, 0.717) is 16.9 Å². The predicted molar refractivity (Wildman–Crippen MR) is 76.2 cm³/mol. The van der Waals surface area contributed by atoms with Crippen LogP contribution in [-0.2, 0) is 0 Å². The van der Waals surface area contributed by atoms with Gasteiger partial charge in [0.05, 0.1) is 11.8 Å². The molecule has 0 spiro atoms. The summed E-state index contributed by atoms with van der Waals surface area (Å²) in [5.41, 5.74) is 12.5. The van der Waals surface area contributed by atoms with Crippen molar-refractivity contribution < 1.29 is 4.79 Å². The number of benzene rings is 1. The van der Waals surface area contributed by atoms with Gasteiger partial charge in [-0.3, -0.25) is 4.79 Å². The van der Waals surface area contributed by atoms with E-state index < -0.39 is 5.91 Å². The summed E-state index contributed by atoms with van der Waals surface area (Å²) in [6.45, 7) is 0. The lowest BCUT2D eigenvalue weighted by Crippen LogP contribution is -2.13. The molecule has 1 aromatic heterocycles. The van der Waals surface area contributed by atoms with Crippen molar-refractivity contribution in [1.82, 2.24) is 10.2 Å². The van der Waals surface area contributed by atoms with E-state index in [0.717, 1.165) is 5.69 Å². The number of hydrogen-bond acceptors (Lipinski definition) is 5. The lowest BCUT2D eigenvalue weighted by atomic mass is 10.2. The molecule has 2 rings (SSSR count). The quantitative estimate of drug-likeness (QED) is 0.716. The molecule has 0 saturated heterocycles. The number of hydrogen-bond donors (Lipinski definition) is 3. The van der Waals surface area contributed by atoms with Crippen LogP contribution in [-0.4, -0.2) is 21.1 Å². The number of nitrogens with two attached hydrogens (primary N) is 2. The Balaban J connectivity index is 2.26. The highest BCUT2D eigenvalue weighted by molar-refractivity contribution is 7.80. The third kappa shape index (κ3) is 3.02. The maximum Gasteiger partial charge on any atom is 0.248 e. The van der Waals surface area contributed by atoms with Crippen LogP contribution in [0.3, 0.4) is 0 Å². The molecule has 0 aliphatic carbocycles. The summed E-state index contributed by atoms with van der Waals surface area (Å²) in [5, 5.41) is 10.7. The monoisotopic (exact) mass is 273 g/mol. The third-order valence-electron chi connectivity index (χ3n) is 2.42. The van der Waals surface area contributed by atoms with Crippen LogP contribution in [0.15, 0.2) is 36.5 Å². The minimum Gasteiger partial charge on any atom is -0.389 e. The lowest BCUT2D eigenvalue weighted by Gasteiger charge is -2.09. The summed E-state index contributed by atoms with van der Waals surface area (Å²) >= 11 is 4.93. The minimum atomic E-state index is -0.477. The van der Waals surface area contributed by atoms with E-state index in [1.165, 1.54) is 6.20 Å². The lowest BCUT2D eigenvalue weighted by molar-refractivity contribution is 0.100. The van der Waals surface area contributed by atoms with Crippen molar-refractivity contribution in [1.29, 1.82) is 0 Å². The molecule has 1 heterocycles. The summed E-state index contributed by atoms with van der Waals surface area (Å²) in [4.78, 5) is 11.2. The molecule has 5 N–H and O–H groups in total. The summed E-state index contributed by atoms with van der Waals surface area (Å²) in [6.07, 6.45) is 1.51. The van der Waals surface area contributed by atoms with Crippen LogP contribution in [0.1, 0.15) is 15.9 Å². The second kappa shape index (κ2) is 5.40. The first kappa shape index (κ1) is 12.9. The number of anilines is 2. The van der Waals surface area contributed by atoms with Crippen molar-refractivity contribution >= 4 is 34.6 Å². The summed E-state index contributed by atoms with van der Waals surface area (Å²) in [6, 6.07) is 8.31. The molecule has 0 bridgehead atoms. The summed E-state index contributed by atoms with van der Waals surface area (Å²) in [7, 11) is 0. The maximum absolute atomic E-state index is 11.0. The Bertz CT molecular complexity index is 626. The fourth-order valence-electron chi connectivity index (χ4n) is 1.48. The fourth-order valence-corrected chi connectivity index (χ4v) is 1.64. The fraction of sp³-hybridized carbons (Fsp3) is 0. The molecule has 7 heteroatoms. The molecule has 2 aromatic rings. The topological polar surface area (TPSA) is 107 Å². The first-order valence-electron chi connectivity index (χ1n) is 5.36. The Morgan fingerprint density at radius 2 is 1.84 bits per heavy atom. The van der Waals surface area contributed by atoms with Crippen molar-refractivity contribution in [2.24, 2.45) is 11.5 Å². The normalized spacial score (nSPS) is 9.89. The maximum atomic E-state index is 11.0. The molecule has 1 amide bonds. The molecule has 0 fully saturated rings. The van der Waals surface area contributed by atoms with E-state index in [2.05, 4.69) is 15.5 Å². The van der Waals surface area contributed by atoms with Gasteiger partial charge in [0.2, 0.25) is 5.91 Å². The zero-order chi connectivity index (χ0) is 13.8. The van der Waals surface area contributed by atoms with Crippen LogP contribution in [0.2, 0.25) is 0 Å². The molecule has 0 atom stereocenters. The number of carbonyl (C=O) groups excluding carboxylic acids is 1. The number of amides is 1. The molecule has 1 aromatic carbocycles. The highest BCUT2D eigenvalue weighted by Crippen LogP contribution is 2.18. The summed E-state index contributed by atoms with van der Waals surface area (Å²) < 4.78 is 0. The number of primary amides is 1. The van der Waals surface area contributed by atoms with Crippen molar-refractivity contribution in [3.05, 3.63) is 47.7 Å². The third-order valence-corrected chi connectivity index (χ3v) is 2.64.